The summed E-state index contributed by atoms with van der Waals surface area (Å²) >= 11 is 3.37. The third kappa shape index (κ3) is 3.37. The van der Waals surface area contributed by atoms with E-state index in [1.807, 2.05) is 17.3 Å². The van der Waals surface area contributed by atoms with Crippen molar-refractivity contribution in [2.24, 2.45) is 0 Å². The molecule has 1 aromatic carbocycles. The Balaban J connectivity index is 1.57. The summed E-state index contributed by atoms with van der Waals surface area (Å²) in [5.41, 5.74) is 4.66. The molecule has 0 spiro atoms. The maximum atomic E-state index is 13.8. The highest BCUT2D eigenvalue weighted by atomic mass is 79.9. The number of anilines is 1. The highest BCUT2D eigenvalue weighted by Crippen LogP contribution is 2.45. The topological polar surface area (TPSA) is 61.8 Å². The van der Waals surface area contributed by atoms with Crippen LogP contribution in [0.4, 0.5) is 14.7 Å². The predicted molar refractivity (Wildman–Crippen MR) is 118 cm³/mol. The fraction of sp³-hybridized carbons (Fsp3) is 0.273. The van der Waals surface area contributed by atoms with Gasteiger partial charge in [-0.1, -0.05) is 29.1 Å². The second kappa shape index (κ2) is 7.64. The first-order valence-electron chi connectivity index (χ1n) is 9.99. The number of benzene rings is 1. The number of halogens is 3. The summed E-state index contributed by atoms with van der Waals surface area (Å²) in [6.45, 7) is 9.75. The lowest BCUT2D eigenvalue weighted by Crippen LogP contribution is -2.28. The first-order valence-corrected chi connectivity index (χ1v) is 10.8. The van der Waals surface area contributed by atoms with Crippen molar-refractivity contribution < 1.29 is 8.78 Å². The van der Waals surface area contributed by atoms with Gasteiger partial charge < -0.3 is 19.8 Å². The molecule has 2 aromatic heterocycles. The summed E-state index contributed by atoms with van der Waals surface area (Å²) in [4.78, 5) is 13.9. The molecule has 0 bridgehead atoms. The SMILES string of the molecule is C=C(Nc1ncc[nH]1)C(c1ncn2c1CCC2)N1Cc2c(cc(Br)cc2C(F)F)C1=C. The molecular formula is C22H21BrF2N6. The van der Waals surface area contributed by atoms with Gasteiger partial charge >= 0.3 is 0 Å². The summed E-state index contributed by atoms with van der Waals surface area (Å²) < 4.78 is 30.3. The number of imidazole rings is 2. The molecule has 2 aliphatic rings. The summed E-state index contributed by atoms with van der Waals surface area (Å²) in [5.74, 6) is 0.559. The Labute approximate surface area is 186 Å². The number of aryl methyl sites for hydroxylation is 1. The van der Waals surface area contributed by atoms with Crippen LogP contribution in [0.5, 0.6) is 0 Å². The molecule has 6 nitrogen and oxygen atoms in total. The first kappa shape index (κ1) is 20.0. The standard InChI is InChI=1S/C22H21BrF2N6/c1-12(29-22-26-5-6-27-22)20(19-18-4-3-7-30(18)11-28-19)31-10-17-15(13(31)2)8-14(23)9-16(17)21(24)25/h5-6,8-9,11,20-21H,1-4,7,10H2,(H2,26,27,29). The third-order valence-electron chi connectivity index (χ3n) is 5.94. The molecule has 0 fully saturated rings. The molecule has 160 valence electrons. The van der Waals surface area contributed by atoms with Gasteiger partial charge in [-0.25, -0.2) is 18.7 Å². The Morgan fingerprint density at radius 3 is 2.87 bits per heavy atom. The predicted octanol–water partition coefficient (Wildman–Crippen LogP) is 5.41. The number of hydrogen-bond acceptors (Lipinski definition) is 4. The van der Waals surface area contributed by atoms with E-state index in [2.05, 4.69) is 48.9 Å². The zero-order valence-electron chi connectivity index (χ0n) is 16.7. The van der Waals surface area contributed by atoms with Crippen molar-refractivity contribution in [3.63, 3.8) is 0 Å². The lowest BCUT2D eigenvalue weighted by atomic mass is 10.0. The second-order valence-corrected chi connectivity index (χ2v) is 8.68. The van der Waals surface area contributed by atoms with Crippen LogP contribution >= 0.6 is 15.9 Å². The monoisotopic (exact) mass is 486 g/mol. The number of nitrogens with zero attached hydrogens (tertiary/aromatic N) is 4. The maximum Gasteiger partial charge on any atom is 0.264 e. The summed E-state index contributed by atoms with van der Waals surface area (Å²) in [6.07, 6.45) is 4.61. The van der Waals surface area contributed by atoms with E-state index in [1.165, 1.54) is 6.07 Å². The summed E-state index contributed by atoms with van der Waals surface area (Å²) in [7, 11) is 0. The van der Waals surface area contributed by atoms with Gasteiger partial charge in [-0.15, -0.1) is 0 Å². The quantitative estimate of drug-likeness (QED) is 0.489. The molecule has 1 unspecified atom stereocenters. The number of nitrogens with one attached hydrogen (secondary N) is 2. The first-order chi connectivity index (χ1) is 14.9. The van der Waals surface area contributed by atoms with Gasteiger partial charge in [-0.2, -0.15) is 0 Å². The van der Waals surface area contributed by atoms with Crippen molar-refractivity contribution in [3.8, 4) is 0 Å². The number of aromatic amines is 1. The van der Waals surface area contributed by atoms with E-state index in [1.54, 1.807) is 12.4 Å². The second-order valence-electron chi connectivity index (χ2n) is 7.76. The van der Waals surface area contributed by atoms with E-state index in [0.29, 0.717) is 33.9 Å². The van der Waals surface area contributed by atoms with Crippen LogP contribution in [0.3, 0.4) is 0 Å². The average Bonchev–Trinajstić information content (AvgIpc) is 3.50. The molecule has 4 heterocycles. The lowest BCUT2D eigenvalue weighted by Gasteiger charge is -2.31. The van der Waals surface area contributed by atoms with Crippen LogP contribution in [-0.2, 0) is 19.5 Å². The zero-order valence-corrected chi connectivity index (χ0v) is 18.3. The van der Waals surface area contributed by atoms with Gasteiger partial charge in [0.2, 0.25) is 5.95 Å². The molecule has 5 rings (SSSR count). The Bertz CT molecular complexity index is 1170. The molecule has 0 saturated heterocycles. The third-order valence-corrected chi connectivity index (χ3v) is 6.40. The fourth-order valence-corrected chi connectivity index (χ4v) is 5.02. The van der Waals surface area contributed by atoms with Gasteiger partial charge in [0.25, 0.3) is 6.43 Å². The van der Waals surface area contributed by atoms with Crippen LogP contribution < -0.4 is 5.32 Å². The van der Waals surface area contributed by atoms with Crippen LogP contribution in [0.2, 0.25) is 0 Å². The molecule has 9 heteroatoms. The fourth-order valence-electron chi connectivity index (χ4n) is 4.54. The Hall–Kier alpha value is -2.94. The van der Waals surface area contributed by atoms with Crippen molar-refractivity contribution in [2.75, 3.05) is 5.32 Å². The van der Waals surface area contributed by atoms with Crippen molar-refractivity contribution in [1.82, 2.24) is 24.4 Å². The van der Waals surface area contributed by atoms with Crippen LogP contribution in [0.25, 0.3) is 5.70 Å². The van der Waals surface area contributed by atoms with Gasteiger partial charge in [0, 0.05) is 58.2 Å². The van der Waals surface area contributed by atoms with Gasteiger partial charge in [-0.3, -0.25) is 0 Å². The Morgan fingerprint density at radius 1 is 1.29 bits per heavy atom. The molecule has 31 heavy (non-hydrogen) atoms. The number of rotatable bonds is 6. The van der Waals surface area contributed by atoms with Gasteiger partial charge in [-0.05, 0) is 30.5 Å². The van der Waals surface area contributed by atoms with E-state index >= 15 is 0 Å². The highest BCUT2D eigenvalue weighted by Gasteiger charge is 2.37. The largest absolute Gasteiger partial charge is 0.353 e. The number of aromatic nitrogens is 4. The van der Waals surface area contributed by atoms with Crippen molar-refractivity contribution >= 4 is 27.6 Å². The number of H-pyrrole nitrogens is 1. The minimum atomic E-state index is -2.57. The number of hydrogen-bond donors (Lipinski definition) is 2. The summed E-state index contributed by atoms with van der Waals surface area (Å²) in [6, 6.07) is 2.95. The molecule has 0 saturated carbocycles. The van der Waals surface area contributed by atoms with E-state index < -0.39 is 6.43 Å². The minimum absolute atomic E-state index is 0.0199. The van der Waals surface area contributed by atoms with E-state index in [9.17, 15) is 8.78 Å². The normalized spacial score (nSPS) is 16.0. The van der Waals surface area contributed by atoms with Crippen LogP contribution in [0, 0.1) is 0 Å². The molecule has 3 aromatic rings. The molecule has 0 radical (unpaired) electrons. The maximum absolute atomic E-state index is 13.8. The van der Waals surface area contributed by atoms with Crippen LogP contribution in [0.15, 0.2) is 54.2 Å². The van der Waals surface area contributed by atoms with Gasteiger partial charge in [0.1, 0.15) is 6.04 Å². The lowest BCUT2D eigenvalue weighted by molar-refractivity contribution is 0.149. The smallest absolute Gasteiger partial charge is 0.264 e. The van der Waals surface area contributed by atoms with Gasteiger partial charge in [0.05, 0.1) is 12.0 Å². The minimum Gasteiger partial charge on any atom is -0.353 e. The number of alkyl halides is 2. The van der Waals surface area contributed by atoms with E-state index in [0.717, 1.165) is 36.3 Å². The van der Waals surface area contributed by atoms with Gasteiger partial charge in [0.15, 0.2) is 0 Å². The van der Waals surface area contributed by atoms with E-state index in [4.69, 9.17) is 4.98 Å². The Kier molecular flexibility index (Phi) is 4.92. The van der Waals surface area contributed by atoms with Crippen molar-refractivity contribution in [3.05, 3.63) is 82.3 Å². The summed E-state index contributed by atoms with van der Waals surface area (Å²) in [5, 5.41) is 3.22. The van der Waals surface area contributed by atoms with Crippen molar-refractivity contribution in [2.45, 2.75) is 38.4 Å². The molecular weight excluding hydrogens is 466 g/mol. The Morgan fingerprint density at radius 2 is 2.13 bits per heavy atom. The molecule has 1 atom stereocenters. The molecule has 2 N–H and O–H groups in total. The van der Waals surface area contributed by atoms with Crippen LogP contribution in [0.1, 0.15) is 47.0 Å². The number of fused-ring (bicyclic) bond motifs is 2. The van der Waals surface area contributed by atoms with E-state index in [-0.39, 0.29) is 11.6 Å². The highest BCUT2D eigenvalue weighted by molar-refractivity contribution is 9.10. The molecule has 2 aliphatic heterocycles. The van der Waals surface area contributed by atoms with Crippen LogP contribution in [-0.4, -0.2) is 24.4 Å². The average molecular weight is 487 g/mol. The zero-order chi connectivity index (χ0) is 21.7. The molecule has 0 amide bonds. The van der Waals surface area contributed by atoms with Crippen molar-refractivity contribution in [1.29, 1.82) is 0 Å². The molecule has 0 aliphatic carbocycles.